The largest absolute Gasteiger partial charge is 0.334 e. The van der Waals surface area contributed by atoms with Gasteiger partial charge in [0, 0.05) is 41.8 Å². The van der Waals surface area contributed by atoms with Crippen molar-refractivity contribution in [3.8, 4) is 0 Å². The zero-order chi connectivity index (χ0) is 14.8. The van der Waals surface area contributed by atoms with E-state index in [4.69, 9.17) is 5.73 Å². The predicted molar refractivity (Wildman–Crippen MR) is 83.5 cm³/mol. The molecule has 5 nitrogen and oxygen atoms in total. The van der Waals surface area contributed by atoms with Crippen molar-refractivity contribution in [2.75, 3.05) is 24.2 Å². The summed E-state index contributed by atoms with van der Waals surface area (Å²) in [6, 6.07) is 5.70. The number of anilines is 1. The van der Waals surface area contributed by atoms with Gasteiger partial charge in [0.05, 0.1) is 5.69 Å². The minimum absolute atomic E-state index is 0.00635. The van der Waals surface area contributed by atoms with Crippen LogP contribution in [0.25, 0.3) is 0 Å². The van der Waals surface area contributed by atoms with Crippen molar-refractivity contribution in [1.82, 2.24) is 4.90 Å². The van der Waals surface area contributed by atoms with Gasteiger partial charge >= 0.3 is 0 Å². The van der Waals surface area contributed by atoms with E-state index in [2.05, 4.69) is 5.32 Å². The Morgan fingerprint density at radius 3 is 3.14 bits per heavy atom. The maximum atomic E-state index is 12.6. The molecule has 1 saturated heterocycles. The number of benzene rings is 1. The quantitative estimate of drug-likeness (QED) is 0.872. The molecule has 1 aromatic rings. The van der Waals surface area contributed by atoms with E-state index in [1.165, 1.54) is 0 Å². The second-order valence-electron chi connectivity index (χ2n) is 5.39. The molecule has 1 unspecified atom stereocenters. The standard InChI is InChI=1S/C15H19N3O2S/c16-9-11-2-1-6-18(11)15(20)10-3-4-13-12(8-10)17-14(19)5-7-21-13/h3-4,8,11H,1-2,5-7,9,16H2,(H,17,19). The Bertz CT molecular complexity index is 576. The lowest BCUT2D eigenvalue weighted by Gasteiger charge is -2.24. The highest BCUT2D eigenvalue weighted by Gasteiger charge is 2.28. The summed E-state index contributed by atoms with van der Waals surface area (Å²) in [7, 11) is 0. The number of likely N-dealkylation sites (tertiary alicyclic amines) is 1. The van der Waals surface area contributed by atoms with Gasteiger partial charge in [0.1, 0.15) is 0 Å². The van der Waals surface area contributed by atoms with Crippen molar-refractivity contribution < 1.29 is 9.59 Å². The van der Waals surface area contributed by atoms with Crippen molar-refractivity contribution in [3.63, 3.8) is 0 Å². The van der Waals surface area contributed by atoms with E-state index in [0.717, 1.165) is 35.7 Å². The maximum Gasteiger partial charge on any atom is 0.254 e. The van der Waals surface area contributed by atoms with Crippen molar-refractivity contribution in [1.29, 1.82) is 0 Å². The lowest BCUT2D eigenvalue weighted by molar-refractivity contribution is -0.115. The fraction of sp³-hybridized carbons (Fsp3) is 0.467. The molecule has 0 saturated carbocycles. The number of thioether (sulfide) groups is 1. The monoisotopic (exact) mass is 305 g/mol. The number of nitrogens with two attached hydrogens (primary N) is 1. The van der Waals surface area contributed by atoms with Crippen LogP contribution in [0.4, 0.5) is 5.69 Å². The number of rotatable bonds is 2. The highest BCUT2D eigenvalue weighted by molar-refractivity contribution is 7.99. The first-order chi connectivity index (χ1) is 10.2. The third-order valence-corrected chi connectivity index (χ3v) is 5.07. The Labute approximate surface area is 128 Å². The van der Waals surface area contributed by atoms with Gasteiger partial charge in [-0.3, -0.25) is 9.59 Å². The number of nitrogens with one attached hydrogen (secondary N) is 1. The first-order valence-corrected chi connectivity index (χ1v) is 8.25. The van der Waals surface area contributed by atoms with Crippen molar-refractivity contribution in [3.05, 3.63) is 23.8 Å². The van der Waals surface area contributed by atoms with Crippen LogP contribution in [0.5, 0.6) is 0 Å². The summed E-state index contributed by atoms with van der Waals surface area (Å²) < 4.78 is 0. The average Bonchev–Trinajstić information content (AvgIpc) is 2.88. The van der Waals surface area contributed by atoms with Crippen LogP contribution in [0, 0.1) is 0 Å². The van der Waals surface area contributed by atoms with Crippen LogP contribution >= 0.6 is 11.8 Å². The molecule has 2 aliphatic rings. The molecule has 0 aliphatic carbocycles. The smallest absolute Gasteiger partial charge is 0.254 e. The van der Waals surface area contributed by atoms with Gasteiger partial charge in [-0.2, -0.15) is 0 Å². The molecule has 1 fully saturated rings. The van der Waals surface area contributed by atoms with Gasteiger partial charge in [-0.15, -0.1) is 11.8 Å². The zero-order valence-corrected chi connectivity index (χ0v) is 12.6. The highest BCUT2D eigenvalue weighted by atomic mass is 32.2. The van der Waals surface area contributed by atoms with Crippen LogP contribution < -0.4 is 11.1 Å². The van der Waals surface area contributed by atoms with Crippen LogP contribution in [0.3, 0.4) is 0 Å². The molecule has 0 aromatic heterocycles. The molecule has 0 bridgehead atoms. The van der Waals surface area contributed by atoms with Crippen molar-refractivity contribution >= 4 is 29.3 Å². The topological polar surface area (TPSA) is 75.4 Å². The van der Waals surface area contributed by atoms with E-state index < -0.39 is 0 Å². The number of hydrogen-bond donors (Lipinski definition) is 2. The van der Waals surface area contributed by atoms with E-state index >= 15 is 0 Å². The minimum atomic E-state index is 0.00635. The van der Waals surface area contributed by atoms with Gasteiger partial charge in [0.25, 0.3) is 5.91 Å². The third kappa shape index (κ3) is 2.91. The Balaban J connectivity index is 1.86. The summed E-state index contributed by atoms with van der Waals surface area (Å²) in [6.07, 6.45) is 2.48. The van der Waals surface area contributed by atoms with Crippen LogP contribution in [0.2, 0.25) is 0 Å². The number of hydrogen-bond acceptors (Lipinski definition) is 4. The Kier molecular flexibility index (Phi) is 4.17. The summed E-state index contributed by atoms with van der Waals surface area (Å²) >= 11 is 1.64. The van der Waals surface area contributed by atoms with Crippen LogP contribution in [0.1, 0.15) is 29.6 Å². The first kappa shape index (κ1) is 14.4. The van der Waals surface area contributed by atoms with Gasteiger partial charge in [0.2, 0.25) is 5.91 Å². The molecule has 0 spiro atoms. The first-order valence-electron chi connectivity index (χ1n) is 7.27. The lowest BCUT2D eigenvalue weighted by Crippen LogP contribution is -2.39. The maximum absolute atomic E-state index is 12.6. The summed E-state index contributed by atoms with van der Waals surface area (Å²) in [4.78, 5) is 27.1. The summed E-state index contributed by atoms with van der Waals surface area (Å²) in [5.41, 5.74) is 7.10. The second-order valence-corrected chi connectivity index (χ2v) is 6.52. The minimum Gasteiger partial charge on any atom is -0.334 e. The number of nitrogens with zero attached hydrogens (tertiary/aromatic N) is 1. The molecule has 6 heteroatoms. The molecule has 112 valence electrons. The Hall–Kier alpha value is -1.53. The van der Waals surface area contributed by atoms with E-state index in [1.807, 2.05) is 17.0 Å². The Morgan fingerprint density at radius 1 is 1.48 bits per heavy atom. The zero-order valence-electron chi connectivity index (χ0n) is 11.8. The number of carbonyl (C=O) groups excluding carboxylic acids is 2. The number of fused-ring (bicyclic) bond motifs is 1. The molecular formula is C15H19N3O2S. The van der Waals surface area contributed by atoms with Gasteiger partial charge in [0.15, 0.2) is 0 Å². The highest BCUT2D eigenvalue weighted by Crippen LogP contribution is 2.32. The van der Waals surface area contributed by atoms with E-state index in [-0.39, 0.29) is 17.9 Å². The SMILES string of the molecule is NCC1CCCN1C(=O)c1ccc2c(c1)NC(=O)CCS2. The van der Waals surface area contributed by atoms with Crippen molar-refractivity contribution in [2.24, 2.45) is 5.73 Å². The second kappa shape index (κ2) is 6.07. The normalized spacial score (nSPS) is 21.7. The average molecular weight is 305 g/mol. The van der Waals surface area contributed by atoms with E-state index in [9.17, 15) is 9.59 Å². The molecule has 3 rings (SSSR count). The third-order valence-electron chi connectivity index (χ3n) is 4.00. The summed E-state index contributed by atoms with van der Waals surface area (Å²) in [5, 5.41) is 2.88. The van der Waals surface area contributed by atoms with E-state index in [0.29, 0.717) is 18.5 Å². The molecule has 1 aromatic carbocycles. The van der Waals surface area contributed by atoms with Crippen LogP contribution in [0.15, 0.2) is 23.1 Å². The van der Waals surface area contributed by atoms with Gasteiger partial charge in [-0.1, -0.05) is 0 Å². The summed E-state index contributed by atoms with van der Waals surface area (Å²) in [6.45, 7) is 1.27. The number of amides is 2. The van der Waals surface area contributed by atoms with Gasteiger partial charge in [-0.05, 0) is 31.0 Å². The Morgan fingerprint density at radius 2 is 2.33 bits per heavy atom. The molecular weight excluding hydrogens is 286 g/mol. The fourth-order valence-electron chi connectivity index (χ4n) is 2.87. The van der Waals surface area contributed by atoms with Gasteiger partial charge in [-0.25, -0.2) is 0 Å². The fourth-order valence-corrected chi connectivity index (χ4v) is 3.80. The summed E-state index contributed by atoms with van der Waals surface area (Å²) in [5.74, 6) is 0.786. The van der Waals surface area contributed by atoms with Crippen LogP contribution in [-0.2, 0) is 4.79 Å². The number of carbonyl (C=O) groups is 2. The molecule has 2 heterocycles. The van der Waals surface area contributed by atoms with Crippen molar-refractivity contribution in [2.45, 2.75) is 30.2 Å². The molecule has 1 atom stereocenters. The van der Waals surface area contributed by atoms with E-state index in [1.54, 1.807) is 17.8 Å². The molecule has 21 heavy (non-hydrogen) atoms. The molecule has 2 amide bonds. The lowest BCUT2D eigenvalue weighted by atomic mass is 10.1. The molecule has 2 aliphatic heterocycles. The molecule has 3 N–H and O–H groups in total. The predicted octanol–water partition coefficient (Wildman–Crippen LogP) is 1.68. The van der Waals surface area contributed by atoms with Gasteiger partial charge < -0.3 is 16.0 Å². The molecule has 0 radical (unpaired) electrons. The van der Waals surface area contributed by atoms with Crippen LogP contribution in [-0.4, -0.2) is 41.6 Å².